The van der Waals surface area contributed by atoms with Gasteiger partial charge in [-0.15, -0.1) is 0 Å². The molecule has 0 heterocycles. The molecule has 0 saturated heterocycles. The second-order valence-corrected chi connectivity index (χ2v) is 4.83. The van der Waals surface area contributed by atoms with Crippen molar-refractivity contribution in [3.05, 3.63) is 0 Å². The Morgan fingerprint density at radius 1 is 1.12 bits per heavy atom. The highest BCUT2D eigenvalue weighted by atomic mass is 32.1. The van der Waals surface area contributed by atoms with Crippen molar-refractivity contribution in [1.29, 1.82) is 0 Å². The summed E-state index contributed by atoms with van der Waals surface area (Å²) < 4.78 is 0. The molecule has 4 amide bonds. The van der Waals surface area contributed by atoms with Gasteiger partial charge in [-0.2, -0.15) is 12.6 Å². The summed E-state index contributed by atoms with van der Waals surface area (Å²) in [5.74, 6) is -4.33. The summed E-state index contributed by atoms with van der Waals surface area (Å²) in [5, 5.41) is 21.7. The van der Waals surface area contributed by atoms with Gasteiger partial charge in [-0.25, -0.2) is 4.79 Å². The molecule has 0 aromatic carbocycles. The van der Waals surface area contributed by atoms with Crippen LogP contribution in [0.5, 0.6) is 0 Å². The van der Waals surface area contributed by atoms with E-state index in [1.807, 2.05) is 0 Å². The van der Waals surface area contributed by atoms with Gasteiger partial charge in [-0.3, -0.25) is 28.9 Å². The third-order valence-corrected chi connectivity index (χ3v) is 3.15. The van der Waals surface area contributed by atoms with Gasteiger partial charge in [-0.05, 0) is 6.42 Å². The van der Waals surface area contributed by atoms with Crippen LogP contribution in [0, 0.1) is 0 Å². The van der Waals surface area contributed by atoms with Gasteiger partial charge in [0.1, 0.15) is 18.6 Å². The van der Waals surface area contributed by atoms with Gasteiger partial charge in [0.15, 0.2) is 0 Å². The molecule has 0 fully saturated rings. The molecule has 0 unspecified atom stereocenters. The first-order chi connectivity index (χ1) is 11.3. The van der Waals surface area contributed by atoms with E-state index in [0.717, 1.165) is 0 Å². The summed E-state index contributed by atoms with van der Waals surface area (Å²) in [6.07, 6.45) is -0.681. The maximum absolute atomic E-state index is 11.8. The van der Waals surface area contributed by atoms with Crippen molar-refractivity contribution in [2.24, 2.45) is 0 Å². The van der Waals surface area contributed by atoms with E-state index in [4.69, 9.17) is 10.2 Å². The molecule has 0 spiro atoms. The number of hydrogen-bond acceptors (Lipinski definition) is 7. The van der Waals surface area contributed by atoms with Gasteiger partial charge < -0.3 is 20.8 Å². The first kappa shape index (κ1) is 21.4. The number of hydrogen-bond donors (Lipinski definition) is 5. The first-order valence-electron chi connectivity index (χ1n) is 6.57. The van der Waals surface area contributed by atoms with Crippen LogP contribution in [-0.4, -0.2) is 76.1 Å². The molecule has 0 aliphatic carbocycles. The Morgan fingerprint density at radius 3 is 2.12 bits per heavy atom. The molecular formula is C12H17N3O8S. The summed E-state index contributed by atoms with van der Waals surface area (Å²) in [4.78, 5) is 66.3. The van der Waals surface area contributed by atoms with Crippen LogP contribution in [0.25, 0.3) is 0 Å². The Balaban J connectivity index is 4.60. The van der Waals surface area contributed by atoms with Crippen molar-refractivity contribution in [2.45, 2.75) is 24.9 Å². The molecule has 4 N–H and O–H groups in total. The standard InChI is InChI=1S/C12H17N3O8S/c16-5-15(6-17)8(12(22)23)1-2-9(18)14-7(4-24)11(21)13-3-10(19)20/h5-8,24H,1-4H2,(H,13,21)(H,14,18)(H,19,20)(H,22,23)/t7-,8-/m0/s1. The zero-order valence-corrected chi connectivity index (χ0v) is 13.3. The van der Waals surface area contributed by atoms with Crippen LogP contribution >= 0.6 is 12.6 Å². The van der Waals surface area contributed by atoms with Crippen LogP contribution < -0.4 is 10.6 Å². The van der Waals surface area contributed by atoms with E-state index in [-0.39, 0.29) is 31.4 Å². The highest BCUT2D eigenvalue weighted by Crippen LogP contribution is 2.05. The van der Waals surface area contributed by atoms with Gasteiger partial charge in [0, 0.05) is 12.2 Å². The maximum Gasteiger partial charge on any atom is 0.326 e. The fourth-order valence-electron chi connectivity index (χ4n) is 1.59. The van der Waals surface area contributed by atoms with Crippen LogP contribution in [0.2, 0.25) is 0 Å². The maximum atomic E-state index is 11.8. The average Bonchev–Trinajstić information content (AvgIpc) is 2.53. The summed E-state index contributed by atoms with van der Waals surface area (Å²) in [5.41, 5.74) is 0. The summed E-state index contributed by atoms with van der Waals surface area (Å²) >= 11 is 3.86. The van der Waals surface area contributed by atoms with Crippen LogP contribution in [0.15, 0.2) is 0 Å². The molecule has 0 aromatic heterocycles. The Labute approximate surface area is 141 Å². The van der Waals surface area contributed by atoms with Crippen molar-refractivity contribution in [3.63, 3.8) is 0 Å². The third-order valence-electron chi connectivity index (χ3n) is 2.78. The molecule has 24 heavy (non-hydrogen) atoms. The number of rotatable bonds is 12. The minimum Gasteiger partial charge on any atom is -0.480 e. The van der Waals surface area contributed by atoms with E-state index in [0.29, 0.717) is 4.90 Å². The van der Waals surface area contributed by atoms with Gasteiger partial charge in [0.2, 0.25) is 24.6 Å². The van der Waals surface area contributed by atoms with Gasteiger partial charge in [-0.1, -0.05) is 0 Å². The largest absolute Gasteiger partial charge is 0.480 e. The lowest BCUT2D eigenvalue weighted by atomic mass is 10.1. The summed E-state index contributed by atoms with van der Waals surface area (Å²) in [7, 11) is 0. The van der Waals surface area contributed by atoms with E-state index >= 15 is 0 Å². The molecule has 0 rings (SSSR count). The molecule has 0 aliphatic rings. The number of thiol groups is 1. The van der Waals surface area contributed by atoms with Gasteiger partial charge >= 0.3 is 11.9 Å². The number of aliphatic carboxylic acids is 2. The predicted octanol–water partition coefficient (Wildman–Crippen LogP) is -2.55. The summed E-state index contributed by atoms with van der Waals surface area (Å²) in [6.45, 7) is -0.631. The predicted molar refractivity (Wildman–Crippen MR) is 81.1 cm³/mol. The molecule has 0 bridgehead atoms. The van der Waals surface area contributed by atoms with Crippen LogP contribution in [-0.2, 0) is 28.8 Å². The summed E-state index contributed by atoms with van der Waals surface area (Å²) in [6, 6.07) is -2.63. The fourth-order valence-corrected chi connectivity index (χ4v) is 1.84. The van der Waals surface area contributed by atoms with Gasteiger partial charge in [0.05, 0.1) is 0 Å². The van der Waals surface area contributed by atoms with Gasteiger partial charge in [0.25, 0.3) is 0 Å². The van der Waals surface area contributed by atoms with Crippen molar-refractivity contribution in [2.75, 3.05) is 12.3 Å². The normalized spacial score (nSPS) is 12.4. The molecule has 0 aromatic rings. The van der Waals surface area contributed by atoms with Crippen LogP contribution in [0.4, 0.5) is 0 Å². The fraction of sp³-hybridized carbons (Fsp3) is 0.500. The molecule has 134 valence electrons. The zero-order valence-electron chi connectivity index (χ0n) is 12.4. The van der Waals surface area contributed by atoms with Crippen molar-refractivity contribution >= 4 is 49.2 Å². The van der Waals surface area contributed by atoms with Crippen molar-refractivity contribution in [1.82, 2.24) is 15.5 Å². The molecule has 0 aliphatic heterocycles. The van der Waals surface area contributed by atoms with E-state index in [2.05, 4.69) is 23.3 Å². The molecule has 2 atom stereocenters. The van der Waals surface area contributed by atoms with Crippen LogP contribution in [0.1, 0.15) is 12.8 Å². The van der Waals surface area contributed by atoms with E-state index in [9.17, 15) is 28.8 Å². The Kier molecular flexibility index (Phi) is 9.79. The molecule has 11 nitrogen and oxygen atoms in total. The molecular weight excluding hydrogens is 346 g/mol. The Bertz CT molecular complexity index is 505. The minimum absolute atomic E-state index is 0.0273. The molecule has 12 heteroatoms. The molecule has 0 radical (unpaired) electrons. The number of carbonyl (C=O) groups excluding carboxylic acids is 4. The number of nitrogens with one attached hydrogen (secondary N) is 2. The SMILES string of the molecule is O=CN(C=O)[C@@H](CCC(=O)N[C@@H](CS)C(=O)NCC(=O)O)C(=O)O. The number of nitrogens with zero attached hydrogens (tertiary/aromatic N) is 1. The highest BCUT2D eigenvalue weighted by molar-refractivity contribution is 7.80. The first-order valence-corrected chi connectivity index (χ1v) is 7.20. The number of carboxylic acid groups (broad SMARTS) is 2. The van der Waals surface area contributed by atoms with E-state index < -0.39 is 42.4 Å². The van der Waals surface area contributed by atoms with Crippen molar-refractivity contribution < 1.29 is 39.0 Å². The lowest BCUT2D eigenvalue weighted by molar-refractivity contribution is -0.150. The Morgan fingerprint density at radius 2 is 1.71 bits per heavy atom. The lowest BCUT2D eigenvalue weighted by Gasteiger charge is -2.19. The number of amides is 4. The average molecular weight is 363 g/mol. The quantitative estimate of drug-likeness (QED) is 0.186. The van der Waals surface area contributed by atoms with E-state index in [1.54, 1.807) is 0 Å². The Hall–Kier alpha value is -2.63. The lowest BCUT2D eigenvalue weighted by Crippen LogP contribution is -2.49. The topological polar surface area (TPSA) is 170 Å². The number of carbonyl (C=O) groups is 6. The number of carboxylic acids is 2. The second-order valence-electron chi connectivity index (χ2n) is 4.46. The monoisotopic (exact) mass is 363 g/mol. The zero-order chi connectivity index (χ0) is 18.7. The van der Waals surface area contributed by atoms with Crippen molar-refractivity contribution in [3.8, 4) is 0 Å². The smallest absolute Gasteiger partial charge is 0.326 e. The highest BCUT2D eigenvalue weighted by Gasteiger charge is 2.26. The van der Waals surface area contributed by atoms with E-state index in [1.165, 1.54) is 0 Å². The number of imide groups is 1. The minimum atomic E-state index is -1.51. The second kappa shape index (κ2) is 11.0. The van der Waals surface area contributed by atoms with Crippen LogP contribution in [0.3, 0.4) is 0 Å². The molecule has 0 saturated carbocycles. The third kappa shape index (κ3) is 7.58.